The van der Waals surface area contributed by atoms with Crippen LogP contribution in [-0.4, -0.2) is 23.0 Å². The maximum absolute atomic E-state index is 11.8. The van der Waals surface area contributed by atoms with Gasteiger partial charge in [-0.25, -0.2) is 4.79 Å². The molecule has 0 aliphatic heterocycles. The molecule has 4 nitrogen and oxygen atoms in total. The lowest BCUT2D eigenvalue weighted by Crippen LogP contribution is -2.33. The van der Waals surface area contributed by atoms with Crippen LogP contribution in [0.1, 0.15) is 41.6 Å². The van der Waals surface area contributed by atoms with Gasteiger partial charge in [0.05, 0.1) is 12.0 Å². The van der Waals surface area contributed by atoms with Crippen LogP contribution in [0.4, 0.5) is 0 Å². The van der Waals surface area contributed by atoms with Crippen LogP contribution in [0.15, 0.2) is 24.3 Å². The van der Waals surface area contributed by atoms with Crippen molar-refractivity contribution in [3.05, 3.63) is 35.4 Å². The standard InChI is InChI=1S/C14H17NO3/c16-13(15-12-3-1-2-4-12)9-10-5-7-11(8-6-10)14(17)18/h5-8,12H,1-4,9H2,(H,15,16)(H,17,18). The molecule has 0 aromatic heterocycles. The summed E-state index contributed by atoms with van der Waals surface area (Å²) in [5.74, 6) is -0.929. The first-order chi connectivity index (χ1) is 8.65. The molecular weight excluding hydrogens is 230 g/mol. The molecule has 0 heterocycles. The summed E-state index contributed by atoms with van der Waals surface area (Å²) in [5, 5.41) is 11.8. The van der Waals surface area contributed by atoms with E-state index in [4.69, 9.17) is 5.11 Å². The van der Waals surface area contributed by atoms with E-state index in [2.05, 4.69) is 5.32 Å². The number of carboxylic acids is 1. The zero-order valence-electron chi connectivity index (χ0n) is 10.2. The molecule has 0 radical (unpaired) electrons. The van der Waals surface area contributed by atoms with Crippen molar-refractivity contribution in [2.75, 3.05) is 0 Å². The molecule has 1 amide bonds. The molecule has 2 N–H and O–H groups in total. The zero-order valence-corrected chi connectivity index (χ0v) is 10.2. The number of hydrogen-bond donors (Lipinski definition) is 2. The van der Waals surface area contributed by atoms with Crippen LogP contribution in [-0.2, 0) is 11.2 Å². The van der Waals surface area contributed by atoms with E-state index in [1.54, 1.807) is 12.1 Å². The molecule has 18 heavy (non-hydrogen) atoms. The number of hydrogen-bond acceptors (Lipinski definition) is 2. The first-order valence-electron chi connectivity index (χ1n) is 6.27. The molecule has 1 saturated carbocycles. The van der Waals surface area contributed by atoms with Crippen molar-refractivity contribution < 1.29 is 14.7 Å². The first kappa shape index (κ1) is 12.6. The van der Waals surface area contributed by atoms with Crippen LogP contribution in [0, 0.1) is 0 Å². The highest BCUT2D eigenvalue weighted by molar-refractivity contribution is 5.87. The molecule has 1 aliphatic carbocycles. The normalized spacial score (nSPS) is 15.6. The number of benzene rings is 1. The topological polar surface area (TPSA) is 66.4 Å². The summed E-state index contributed by atoms with van der Waals surface area (Å²) in [7, 11) is 0. The van der Waals surface area contributed by atoms with Gasteiger partial charge in [-0.15, -0.1) is 0 Å². The lowest BCUT2D eigenvalue weighted by atomic mass is 10.1. The van der Waals surface area contributed by atoms with Gasteiger partial charge in [-0.1, -0.05) is 25.0 Å². The van der Waals surface area contributed by atoms with Gasteiger partial charge in [0.1, 0.15) is 0 Å². The van der Waals surface area contributed by atoms with Gasteiger partial charge >= 0.3 is 5.97 Å². The highest BCUT2D eigenvalue weighted by atomic mass is 16.4. The molecule has 0 saturated heterocycles. The van der Waals surface area contributed by atoms with Gasteiger partial charge in [0, 0.05) is 6.04 Å². The van der Waals surface area contributed by atoms with Crippen molar-refractivity contribution in [3.8, 4) is 0 Å². The minimum atomic E-state index is -0.947. The minimum Gasteiger partial charge on any atom is -0.478 e. The molecule has 1 fully saturated rings. The third-order valence-corrected chi connectivity index (χ3v) is 3.29. The highest BCUT2D eigenvalue weighted by Gasteiger charge is 2.17. The Morgan fingerprint density at radius 2 is 1.78 bits per heavy atom. The van der Waals surface area contributed by atoms with Crippen LogP contribution in [0.25, 0.3) is 0 Å². The second-order valence-corrected chi connectivity index (χ2v) is 4.73. The maximum atomic E-state index is 11.8. The average Bonchev–Trinajstić information content (AvgIpc) is 2.82. The van der Waals surface area contributed by atoms with Crippen LogP contribution in [0.5, 0.6) is 0 Å². The Labute approximate surface area is 106 Å². The van der Waals surface area contributed by atoms with Crippen molar-refractivity contribution in [3.63, 3.8) is 0 Å². The van der Waals surface area contributed by atoms with Crippen LogP contribution in [0.3, 0.4) is 0 Å². The molecule has 0 spiro atoms. The largest absolute Gasteiger partial charge is 0.478 e. The van der Waals surface area contributed by atoms with E-state index in [1.165, 1.54) is 25.0 Å². The Hall–Kier alpha value is -1.84. The minimum absolute atomic E-state index is 0.0185. The first-order valence-corrected chi connectivity index (χ1v) is 6.27. The number of nitrogens with one attached hydrogen (secondary N) is 1. The van der Waals surface area contributed by atoms with E-state index in [-0.39, 0.29) is 11.5 Å². The summed E-state index contributed by atoms with van der Waals surface area (Å²) in [6, 6.07) is 6.77. The Morgan fingerprint density at radius 1 is 1.17 bits per heavy atom. The lowest BCUT2D eigenvalue weighted by molar-refractivity contribution is -0.121. The summed E-state index contributed by atoms with van der Waals surface area (Å²) >= 11 is 0. The van der Waals surface area contributed by atoms with Crippen molar-refractivity contribution in [1.29, 1.82) is 0 Å². The average molecular weight is 247 g/mol. The highest BCUT2D eigenvalue weighted by Crippen LogP contribution is 2.17. The van der Waals surface area contributed by atoms with Crippen molar-refractivity contribution in [2.24, 2.45) is 0 Å². The Balaban J connectivity index is 1.88. The SMILES string of the molecule is O=C(Cc1ccc(C(=O)O)cc1)NC1CCCC1. The quantitative estimate of drug-likeness (QED) is 0.855. The summed E-state index contributed by atoms with van der Waals surface area (Å²) < 4.78 is 0. The van der Waals surface area contributed by atoms with Crippen molar-refractivity contribution >= 4 is 11.9 Å². The third-order valence-electron chi connectivity index (χ3n) is 3.29. The molecule has 1 aliphatic rings. The molecule has 4 heteroatoms. The van der Waals surface area contributed by atoms with E-state index >= 15 is 0 Å². The van der Waals surface area contributed by atoms with Crippen molar-refractivity contribution in [1.82, 2.24) is 5.32 Å². The molecule has 2 rings (SSSR count). The van der Waals surface area contributed by atoms with Gasteiger partial charge in [-0.05, 0) is 30.5 Å². The Kier molecular flexibility index (Phi) is 3.97. The third kappa shape index (κ3) is 3.32. The van der Waals surface area contributed by atoms with E-state index < -0.39 is 5.97 Å². The van der Waals surface area contributed by atoms with Crippen LogP contribution in [0.2, 0.25) is 0 Å². The summed E-state index contributed by atoms with van der Waals surface area (Å²) in [6.45, 7) is 0. The predicted molar refractivity (Wildman–Crippen MR) is 67.5 cm³/mol. The second kappa shape index (κ2) is 5.67. The second-order valence-electron chi connectivity index (χ2n) is 4.73. The Morgan fingerprint density at radius 3 is 2.33 bits per heavy atom. The van der Waals surface area contributed by atoms with E-state index in [0.29, 0.717) is 12.5 Å². The van der Waals surface area contributed by atoms with Gasteiger partial charge in [0.25, 0.3) is 0 Å². The smallest absolute Gasteiger partial charge is 0.335 e. The summed E-state index contributed by atoms with van der Waals surface area (Å²) in [4.78, 5) is 22.4. The number of aromatic carboxylic acids is 1. The fraction of sp³-hybridized carbons (Fsp3) is 0.429. The van der Waals surface area contributed by atoms with Gasteiger partial charge in [-0.2, -0.15) is 0 Å². The fourth-order valence-electron chi connectivity index (χ4n) is 2.30. The van der Waals surface area contributed by atoms with Gasteiger partial charge in [-0.3, -0.25) is 4.79 Å². The van der Waals surface area contributed by atoms with Crippen LogP contribution < -0.4 is 5.32 Å². The van der Waals surface area contributed by atoms with E-state index in [1.807, 2.05) is 0 Å². The summed E-state index contributed by atoms with van der Waals surface area (Å²) in [6.07, 6.45) is 4.85. The molecule has 96 valence electrons. The zero-order chi connectivity index (χ0) is 13.0. The monoisotopic (exact) mass is 247 g/mol. The molecule has 0 bridgehead atoms. The van der Waals surface area contributed by atoms with E-state index in [0.717, 1.165) is 18.4 Å². The molecule has 0 atom stereocenters. The molecular formula is C14H17NO3. The predicted octanol–water partition coefficient (Wildman–Crippen LogP) is 1.99. The van der Waals surface area contributed by atoms with Gasteiger partial charge in [0.15, 0.2) is 0 Å². The van der Waals surface area contributed by atoms with E-state index in [9.17, 15) is 9.59 Å². The van der Waals surface area contributed by atoms with Gasteiger partial charge in [0.2, 0.25) is 5.91 Å². The molecule has 1 aromatic carbocycles. The lowest BCUT2D eigenvalue weighted by Gasteiger charge is -2.11. The number of carbonyl (C=O) groups is 2. The van der Waals surface area contributed by atoms with Gasteiger partial charge < -0.3 is 10.4 Å². The fourth-order valence-corrected chi connectivity index (χ4v) is 2.30. The number of rotatable bonds is 4. The molecule has 1 aromatic rings. The van der Waals surface area contributed by atoms with Crippen LogP contribution >= 0.6 is 0 Å². The number of carboxylic acid groups (broad SMARTS) is 1. The van der Waals surface area contributed by atoms with Crippen molar-refractivity contribution in [2.45, 2.75) is 38.1 Å². The maximum Gasteiger partial charge on any atom is 0.335 e. The molecule has 0 unspecified atom stereocenters. The number of amides is 1. The summed E-state index contributed by atoms with van der Waals surface area (Å²) in [5.41, 5.74) is 1.09. The number of carbonyl (C=O) groups excluding carboxylic acids is 1. The Bertz CT molecular complexity index is 433.